The van der Waals surface area contributed by atoms with E-state index in [0.29, 0.717) is 13.1 Å². The Morgan fingerprint density at radius 2 is 1.70 bits per heavy atom. The van der Waals surface area contributed by atoms with Crippen molar-refractivity contribution in [2.24, 2.45) is 7.05 Å². The molecule has 0 unspecified atom stereocenters. The van der Waals surface area contributed by atoms with Crippen molar-refractivity contribution in [3.63, 3.8) is 0 Å². The molecule has 1 fully saturated rings. The number of nitrogens with zero attached hydrogens (tertiary/aromatic N) is 4. The van der Waals surface area contributed by atoms with Crippen molar-refractivity contribution in [3.05, 3.63) is 59.4 Å². The Morgan fingerprint density at radius 3 is 2.33 bits per heavy atom. The quantitative estimate of drug-likeness (QED) is 0.367. The van der Waals surface area contributed by atoms with E-state index < -0.39 is 5.60 Å². The standard InChI is InChI=1S/C31H40N4O3.C2H6/c1-22-20-28-27(21-26(33(28)5)12-13-34-16-18-37-19-17-34)29(32-22)25-8-6-23(7-9-25)24-10-14-35(15-11-24)30(36)38-31(2,3)4;1-2/h6-10,20-21H,11-19H2,1-5H3;1-2H3. The molecule has 4 heterocycles. The minimum Gasteiger partial charge on any atom is -0.444 e. The summed E-state index contributed by atoms with van der Waals surface area (Å²) >= 11 is 0. The molecular formula is C33H46N4O3. The van der Waals surface area contributed by atoms with Crippen LogP contribution in [0.4, 0.5) is 4.79 Å². The summed E-state index contributed by atoms with van der Waals surface area (Å²) in [6, 6.07) is 13.2. The van der Waals surface area contributed by atoms with E-state index in [-0.39, 0.29) is 6.09 Å². The van der Waals surface area contributed by atoms with E-state index in [2.05, 4.69) is 65.9 Å². The molecule has 0 atom stereocenters. The third-order valence-electron chi connectivity index (χ3n) is 7.45. The van der Waals surface area contributed by atoms with Gasteiger partial charge in [0.15, 0.2) is 0 Å². The van der Waals surface area contributed by atoms with Crippen molar-refractivity contribution in [2.75, 3.05) is 45.9 Å². The Bertz CT molecular complexity index is 1330. The van der Waals surface area contributed by atoms with Gasteiger partial charge in [0, 0.05) is 68.5 Å². The summed E-state index contributed by atoms with van der Waals surface area (Å²) in [4.78, 5) is 21.6. The van der Waals surface area contributed by atoms with Crippen LogP contribution < -0.4 is 0 Å². The number of amides is 1. The molecule has 2 aliphatic heterocycles. The van der Waals surface area contributed by atoms with Crippen LogP contribution in [-0.2, 0) is 22.9 Å². The molecule has 0 bridgehead atoms. The van der Waals surface area contributed by atoms with E-state index >= 15 is 0 Å². The first-order valence-corrected chi connectivity index (χ1v) is 14.7. The number of pyridine rings is 1. The molecule has 1 saturated heterocycles. The predicted molar refractivity (Wildman–Crippen MR) is 164 cm³/mol. The van der Waals surface area contributed by atoms with Crippen molar-refractivity contribution in [3.8, 4) is 11.3 Å². The molecule has 1 aromatic carbocycles. The zero-order valence-electron chi connectivity index (χ0n) is 25.4. The monoisotopic (exact) mass is 546 g/mol. The fraction of sp³-hybridized carbons (Fsp3) is 0.515. The van der Waals surface area contributed by atoms with E-state index in [1.165, 1.54) is 27.7 Å². The van der Waals surface area contributed by atoms with E-state index in [0.717, 1.165) is 62.6 Å². The second kappa shape index (κ2) is 13.0. The highest BCUT2D eigenvalue weighted by molar-refractivity contribution is 5.94. The van der Waals surface area contributed by atoms with Gasteiger partial charge < -0.3 is 18.9 Å². The third kappa shape index (κ3) is 7.12. The highest BCUT2D eigenvalue weighted by atomic mass is 16.6. The molecule has 7 heteroatoms. The van der Waals surface area contributed by atoms with Crippen molar-refractivity contribution < 1.29 is 14.3 Å². The van der Waals surface area contributed by atoms with Crippen LogP contribution in [0.5, 0.6) is 0 Å². The van der Waals surface area contributed by atoms with Crippen LogP contribution >= 0.6 is 0 Å². The van der Waals surface area contributed by atoms with Gasteiger partial charge in [0.25, 0.3) is 0 Å². The maximum atomic E-state index is 12.4. The van der Waals surface area contributed by atoms with Crippen LogP contribution in [-0.4, -0.2) is 77.0 Å². The molecule has 1 amide bonds. The number of carbonyl (C=O) groups excluding carboxylic acids is 1. The first-order valence-electron chi connectivity index (χ1n) is 14.7. The Morgan fingerprint density at radius 1 is 1.02 bits per heavy atom. The average molecular weight is 547 g/mol. The van der Waals surface area contributed by atoms with Gasteiger partial charge in [-0.25, -0.2) is 4.79 Å². The second-order valence-corrected chi connectivity index (χ2v) is 11.4. The summed E-state index contributed by atoms with van der Waals surface area (Å²) in [7, 11) is 2.17. The van der Waals surface area contributed by atoms with Crippen LogP contribution in [0.1, 0.15) is 58.0 Å². The van der Waals surface area contributed by atoms with Crippen molar-refractivity contribution >= 4 is 22.6 Å². The van der Waals surface area contributed by atoms with Gasteiger partial charge in [-0.15, -0.1) is 0 Å². The lowest BCUT2D eigenvalue weighted by Gasteiger charge is -2.29. The normalized spacial score (nSPS) is 16.4. The molecule has 0 aliphatic carbocycles. The van der Waals surface area contributed by atoms with E-state index in [9.17, 15) is 4.79 Å². The smallest absolute Gasteiger partial charge is 0.410 e. The molecule has 0 N–H and O–H groups in total. The van der Waals surface area contributed by atoms with Crippen LogP contribution in [0, 0.1) is 6.92 Å². The molecular weight excluding hydrogens is 500 g/mol. The minimum atomic E-state index is -0.478. The average Bonchev–Trinajstić information content (AvgIpc) is 3.27. The van der Waals surface area contributed by atoms with E-state index in [4.69, 9.17) is 14.5 Å². The van der Waals surface area contributed by atoms with Crippen molar-refractivity contribution in [1.82, 2.24) is 19.4 Å². The second-order valence-electron chi connectivity index (χ2n) is 11.4. The van der Waals surface area contributed by atoms with Crippen molar-refractivity contribution in [2.45, 2.75) is 60.0 Å². The van der Waals surface area contributed by atoms with Gasteiger partial charge in [-0.1, -0.05) is 44.2 Å². The molecule has 3 aromatic rings. The van der Waals surface area contributed by atoms with E-state index in [1.54, 1.807) is 4.90 Å². The molecule has 40 heavy (non-hydrogen) atoms. The largest absolute Gasteiger partial charge is 0.444 e. The number of carbonyl (C=O) groups is 1. The topological polar surface area (TPSA) is 59.8 Å². The Balaban J connectivity index is 0.00000181. The molecule has 5 rings (SSSR count). The van der Waals surface area contributed by atoms with Gasteiger partial charge in [0.05, 0.1) is 24.4 Å². The van der Waals surface area contributed by atoms with E-state index in [1.807, 2.05) is 34.6 Å². The maximum absolute atomic E-state index is 12.4. The zero-order valence-corrected chi connectivity index (χ0v) is 25.4. The third-order valence-corrected chi connectivity index (χ3v) is 7.45. The number of aryl methyl sites for hydroxylation is 2. The van der Waals surface area contributed by atoms with Gasteiger partial charge in [-0.2, -0.15) is 0 Å². The lowest BCUT2D eigenvalue weighted by atomic mass is 9.97. The zero-order chi connectivity index (χ0) is 28.9. The van der Waals surface area contributed by atoms with Gasteiger partial charge in [0.1, 0.15) is 5.60 Å². The van der Waals surface area contributed by atoms with Gasteiger partial charge in [-0.05, 0) is 57.4 Å². The Labute approximate surface area is 239 Å². The molecule has 2 aromatic heterocycles. The lowest BCUT2D eigenvalue weighted by molar-refractivity contribution is 0.0270. The number of morpholine rings is 1. The number of ether oxygens (including phenoxy) is 2. The number of aromatic nitrogens is 2. The number of fused-ring (bicyclic) bond motifs is 1. The number of hydrogen-bond acceptors (Lipinski definition) is 5. The van der Waals surface area contributed by atoms with Crippen LogP contribution in [0.3, 0.4) is 0 Å². The fourth-order valence-electron chi connectivity index (χ4n) is 5.33. The van der Waals surface area contributed by atoms with Crippen molar-refractivity contribution in [1.29, 1.82) is 0 Å². The van der Waals surface area contributed by atoms with Crippen LogP contribution in [0.2, 0.25) is 0 Å². The SMILES string of the molecule is CC.Cc1cc2c(cc(CCN3CCOCC3)n2C)c(-c2ccc(C3=CCN(C(=O)OC(C)(C)C)CC3)cc2)n1. The summed E-state index contributed by atoms with van der Waals surface area (Å²) in [5.74, 6) is 0. The van der Waals surface area contributed by atoms with Gasteiger partial charge >= 0.3 is 6.09 Å². The highest BCUT2D eigenvalue weighted by Gasteiger charge is 2.24. The lowest BCUT2D eigenvalue weighted by Crippen LogP contribution is -2.39. The predicted octanol–water partition coefficient (Wildman–Crippen LogP) is 6.47. The first kappa shape index (κ1) is 29.8. The summed E-state index contributed by atoms with van der Waals surface area (Å²) in [6.07, 6.45) is 3.72. The number of hydrogen-bond donors (Lipinski definition) is 0. The number of rotatable bonds is 5. The molecule has 0 radical (unpaired) electrons. The molecule has 0 saturated carbocycles. The summed E-state index contributed by atoms with van der Waals surface area (Å²) in [5.41, 5.74) is 7.73. The Hall–Kier alpha value is -3.16. The van der Waals surface area contributed by atoms with Crippen LogP contribution in [0.15, 0.2) is 42.5 Å². The highest BCUT2D eigenvalue weighted by Crippen LogP contribution is 2.32. The molecule has 216 valence electrons. The summed E-state index contributed by atoms with van der Waals surface area (Å²) < 4.78 is 13.3. The summed E-state index contributed by atoms with van der Waals surface area (Å²) in [5, 5.41) is 1.20. The summed E-state index contributed by atoms with van der Waals surface area (Å²) in [6.45, 7) is 17.7. The first-order chi connectivity index (χ1) is 19.2. The molecule has 7 nitrogen and oxygen atoms in total. The molecule has 2 aliphatic rings. The maximum Gasteiger partial charge on any atom is 0.410 e. The van der Waals surface area contributed by atoms with Gasteiger partial charge in [-0.3, -0.25) is 9.88 Å². The molecule has 0 spiro atoms. The van der Waals surface area contributed by atoms with Crippen LogP contribution in [0.25, 0.3) is 27.7 Å². The fourth-order valence-corrected chi connectivity index (χ4v) is 5.33. The number of benzene rings is 1. The Kier molecular flexibility index (Phi) is 9.69. The minimum absolute atomic E-state index is 0.245. The van der Waals surface area contributed by atoms with Gasteiger partial charge in [0.2, 0.25) is 0 Å².